The van der Waals surface area contributed by atoms with Crippen molar-refractivity contribution in [3.63, 3.8) is 0 Å². The van der Waals surface area contributed by atoms with Crippen molar-refractivity contribution in [2.75, 3.05) is 6.54 Å². The maximum absolute atomic E-state index is 8.55. The zero-order valence-electron chi connectivity index (χ0n) is 8.12. The minimum atomic E-state index is 0.394. The minimum Gasteiger partial charge on any atom is -0.449 e. The predicted octanol–water partition coefficient (Wildman–Crippen LogP) is 2.04. The number of nitrogens with one attached hydrogen (secondary N) is 1. The zero-order chi connectivity index (χ0) is 9.80. The Balaban J connectivity index is 1.72. The highest BCUT2D eigenvalue weighted by Crippen LogP contribution is 2.25. The summed E-state index contributed by atoms with van der Waals surface area (Å²) in [4.78, 5) is 0. The molecule has 2 rings (SSSR count). The molecule has 1 aromatic heterocycles. The van der Waals surface area contributed by atoms with Gasteiger partial charge in [0.05, 0.1) is 6.54 Å². The first-order valence-corrected chi connectivity index (χ1v) is 5.08. The van der Waals surface area contributed by atoms with Gasteiger partial charge in [0.25, 0.3) is 0 Å². The summed E-state index contributed by atoms with van der Waals surface area (Å²) in [5.41, 5.74) is 0. The van der Waals surface area contributed by atoms with E-state index in [-0.39, 0.29) is 0 Å². The molecule has 14 heavy (non-hydrogen) atoms. The van der Waals surface area contributed by atoms with E-state index in [0.29, 0.717) is 5.76 Å². The molecular weight excluding hydrogens is 176 g/mol. The molecule has 0 aromatic carbocycles. The average Bonchev–Trinajstić information content (AvgIpc) is 2.57. The Morgan fingerprint density at radius 2 is 2.36 bits per heavy atom. The van der Waals surface area contributed by atoms with E-state index in [4.69, 9.17) is 9.68 Å². The lowest BCUT2D eigenvalue weighted by atomic mass is 9.85. The van der Waals surface area contributed by atoms with Crippen LogP contribution in [0.1, 0.15) is 30.8 Å². The molecule has 3 heteroatoms. The zero-order valence-corrected chi connectivity index (χ0v) is 8.12. The number of hydrogen-bond donors (Lipinski definition) is 1. The Bertz CT molecular complexity index is 333. The molecule has 1 heterocycles. The summed E-state index contributed by atoms with van der Waals surface area (Å²) < 4.78 is 5.24. The quantitative estimate of drug-likeness (QED) is 0.790. The van der Waals surface area contributed by atoms with Crippen LogP contribution in [0.5, 0.6) is 0 Å². The van der Waals surface area contributed by atoms with E-state index in [1.165, 1.54) is 19.3 Å². The highest BCUT2D eigenvalue weighted by molar-refractivity contribution is 5.18. The Morgan fingerprint density at radius 3 is 2.93 bits per heavy atom. The molecule has 1 saturated carbocycles. The molecule has 0 bridgehead atoms. The first-order valence-electron chi connectivity index (χ1n) is 5.08. The van der Waals surface area contributed by atoms with Gasteiger partial charge in [-0.05, 0) is 37.4 Å². The van der Waals surface area contributed by atoms with Crippen molar-refractivity contribution in [2.24, 2.45) is 5.92 Å². The van der Waals surface area contributed by atoms with Crippen molar-refractivity contribution in [3.8, 4) is 6.07 Å². The topological polar surface area (TPSA) is 49.0 Å². The van der Waals surface area contributed by atoms with Gasteiger partial charge >= 0.3 is 0 Å². The molecular formula is C11H14N2O. The molecule has 1 aromatic rings. The summed E-state index contributed by atoms with van der Waals surface area (Å²) in [6.07, 6.45) is 4.09. The van der Waals surface area contributed by atoms with Gasteiger partial charge in [0.15, 0.2) is 0 Å². The van der Waals surface area contributed by atoms with E-state index in [9.17, 15) is 0 Å². The average molecular weight is 190 g/mol. The van der Waals surface area contributed by atoms with Gasteiger partial charge in [-0.1, -0.05) is 6.42 Å². The number of nitrogens with zero attached hydrogens (tertiary/aromatic N) is 1. The highest BCUT2D eigenvalue weighted by atomic mass is 16.3. The van der Waals surface area contributed by atoms with Crippen LogP contribution in [0, 0.1) is 17.2 Å². The molecule has 3 nitrogen and oxygen atoms in total. The molecule has 0 atom stereocenters. The summed E-state index contributed by atoms with van der Waals surface area (Å²) in [7, 11) is 0. The van der Waals surface area contributed by atoms with Gasteiger partial charge in [0.2, 0.25) is 5.76 Å². The molecule has 1 fully saturated rings. The van der Waals surface area contributed by atoms with Gasteiger partial charge in [-0.2, -0.15) is 5.26 Å². The second kappa shape index (κ2) is 4.30. The fraction of sp³-hybridized carbons (Fsp3) is 0.545. The molecule has 0 saturated heterocycles. The van der Waals surface area contributed by atoms with Crippen LogP contribution in [0.25, 0.3) is 0 Å². The van der Waals surface area contributed by atoms with Crippen LogP contribution in [0.4, 0.5) is 0 Å². The van der Waals surface area contributed by atoms with E-state index in [0.717, 1.165) is 24.8 Å². The third-order valence-corrected chi connectivity index (χ3v) is 2.73. The van der Waals surface area contributed by atoms with Crippen molar-refractivity contribution in [1.29, 1.82) is 5.26 Å². The molecule has 1 aliphatic rings. The summed E-state index contributed by atoms with van der Waals surface area (Å²) in [6.45, 7) is 1.81. The van der Waals surface area contributed by atoms with Crippen LogP contribution in [0.2, 0.25) is 0 Å². The largest absolute Gasteiger partial charge is 0.449 e. The van der Waals surface area contributed by atoms with Crippen LogP contribution in [0.3, 0.4) is 0 Å². The van der Waals surface area contributed by atoms with Gasteiger partial charge in [-0.3, -0.25) is 0 Å². The molecule has 0 aliphatic heterocycles. The molecule has 0 spiro atoms. The van der Waals surface area contributed by atoms with Crippen molar-refractivity contribution < 1.29 is 4.42 Å². The maximum Gasteiger partial charge on any atom is 0.203 e. The highest BCUT2D eigenvalue weighted by Gasteiger charge is 2.16. The first kappa shape index (κ1) is 9.29. The van der Waals surface area contributed by atoms with E-state index >= 15 is 0 Å². The predicted molar refractivity (Wildman–Crippen MR) is 52.5 cm³/mol. The molecule has 0 unspecified atom stereocenters. The molecule has 0 radical (unpaired) electrons. The van der Waals surface area contributed by atoms with Crippen LogP contribution in [-0.2, 0) is 6.54 Å². The van der Waals surface area contributed by atoms with Gasteiger partial charge in [0, 0.05) is 0 Å². The van der Waals surface area contributed by atoms with Crippen LogP contribution in [0.15, 0.2) is 16.5 Å². The van der Waals surface area contributed by atoms with Crippen molar-refractivity contribution in [2.45, 2.75) is 25.8 Å². The summed E-state index contributed by atoms with van der Waals surface area (Å²) in [5.74, 6) is 2.10. The van der Waals surface area contributed by atoms with Gasteiger partial charge in [-0.25, -0.2) is 0 Å². The molecule has 74 valence electrons. The van der Waals surface area contributed by atoms with Crippen LogP contribution < -0.4 is 5.32 Å². The Hall–Kier alpha value is -1.27. The lowest BCUT2D eigenvalue weighted by molar-refractivity contribution is 0.297. The van der Waals surface area contributed by atoms with E-state index in [2.05, 4.69) is 5.32 Å². The fourth-order valence-corrected chi connectivity index (χ4v) is 1.63. The maximum atomic E-state index is 8.55. The Morgan fingerprint density at radius 1 is 1.50 bits per heavy atom. The molecule has 0 amide bonds. The van der Waals surface area contributed by atoms with Gasteiger partial charge in [0.1, 0.15) is 11.8 Å². The molecule has 1 aliphatic carbocycles. The smallest absolute Gasteiger partial charge is 0.203 e. The number of rotatable bonds is 4. The van der Waals surface area contributed by atoms with Crippen molar-refractivity contribution in [3.05, 3.63) is 23.7 Å². The lowest BCUT2D eigenvalue weighted by Gasteiger charge is -2.25. The SMILES string of the molecule is N#Cc1ccc(CNCC2CCC2)o1. The van der Waals surface area contributed by atoms with E-state index < -0.39 is 0 Å². The van der Waals surface area contributed by atoms with E-state index in [1.54, 1.807) is 6.07 Å². The van der Waals surface area contributed by atoms with Crippen LogP contribution >= 0.6 is 0 Å². The number of nitriles is 1. The first-order chi connectivity index (χ1) is 6.88. The third kappa shape index (κ3) is 2.15. The second-order valence-corrected chi connectivity index (χ2v) is 3.81. The summed E-state index contributed by atoms with van der Waals surface area (Å²) in [6, 6.07) is 5.54. The third-order valence-electron chi connectivity index (χ3n) is 2.73. The Labute approximate surface area is 83.7 Å². The van der Waals surface area contributed by atoms with E-state index in [1.807, 2.05) is 12.1 Å². The van der Waals surface area contributed by atoms with Gasteiger partial charge < -0.3 is 9.73 Å². The molecule has 1 N–H and O–H groups in total. The fourth-order valence-electron chi connectivity index (χ4n) is 1.63. The minimum absolute atomic E-state index is 0.394. The summed E-state index contributed by atoms with van der Waals surface area (Å²) >= 11 is 0. The monoisotopic (exact) mass is 190 g/mol. The number of hydrogen-bond acceptors (Lipinski definition) is 3. The van der Waals surface area contributed by atoms with Crippen LogP contribution in [-0.4, -0.2) is 6.54 Å². The standard InChI is InChI=1S/C11H14N2O/c12-6-10-4-5-11(14-10)8-13-7-9-2-1-3-9/h4-5,9,13H,1-3,7-8H2. The summed E-state index contributed by atoms with van der Waals surface area (Å²) in [5, 5.41) is 11.9. The normalized spacial score (nSPS) is 16.2. The lowest BCUT2D eigenvalue weighted by Crippen LogP contribution is -2.26. The number of furan rings is 1. The second-order valence-electron chi connectivity index (χ2n) is 3.81. The van der Waals surface area contributed by atoms with Crippen molar-refractivity contribution >= 4 is 0 Å². The van der Waals surface area contributed by atoms with Crippen molar-refractivity contribution in [1.82, 2.24) is 5.32 Å². The Kier molecular flexibility index (Phi) is 2.85. The van der Waals surface area contributed by atoms with Gasteiger partial charge in [-0.15, -0.1) is 0 Å².